The van der Waals surface area contributed by atoms with Gasteiger partial charge in [-0.25, -0.2) is 9.50 Å². The van der Waals surface area contributed by atoms with Gasteiger partial charge in [0.1, 0.15) is 11.9 Å². The lowest BCUT2D eigenvalue weighted by Gasteiger charge is -2.24. The minimum atomic E-state index is -0.470. The van der Waals surface area contributed by atoms with E-state index >= 15 is 0 Å². The van der Waals surface area contributed by atoms with Gasteiger partial charge in [-0.15, -0.1) is 10.2 Å². The maximum absolute atomic E-state index is 12.5. The second-order valence-corrected chi connectivity index (χ2v) is 6.74. The summed E-state index contributed by atoms with van der Waals surface area (Å²) in [5.41, 5.74) is 0.858. The summed E-state index contributed by atoms with van der Waals surface area (Å²) in [6, 6.07) is 2.13. The van der Waals surface area contributed by atoms with Crippen molar-refractivity contribution in [3.63, 3.8) is 0 Å². The summed E-state index contributed by atoms with van der Waals surface area (Å²) in [6.45, 7) is 2.05. The van der Waals surface area contributed by atoms with Crippen molar-refractivity contribution in [1.82, 2.24) is 34.7 Å². The summed E-state index contributed by atoms with van der Waals surface area (Å²) in [4.78, 5) is 29.1. The minimum Gasteiger partial charge on any atom is -0.345 e. The van der Waals surface area contributed by atoms with E-state index in [1.54, 1.807) is 12.4 Å². The topological polar surface area (TPSA) is 110 Å². The van der Waals surface area contributed by atoms with Gasteiger partial charge in [0.2, 0.25) is 0 Å². The number of aryl methyl sites for hydroxylation is 1. The number of nitrogens with zero attached hydrogens (tertiary/aromatic N) is 5. The van der Waals surface area contributed by atoms with Crippen molar-refractivity contribution < 1.29 is 4.79 Å². The van der Waals surface area contributed by atoms with Crippen molar-refractivity contribution in [2.45, 2.75) is 51.6 Å². The van der Waals surface area contributed by atoms with E-state index < -0.39 is 11.5 Å². The number of H-pyrrole nitrogens is 1. The van der Waals surface area contributed by atoms with E-state index in [0.29, 0.717) is 17.5 Å². The molecule has 0 aliphatic heterocycles. The van der Waals surface area contributed by atoms with Gasteiger partial charge in [0.15, 0.2) is 11.5 Å². The molecule has 26 heavy (non-hydrogen) atoms. The van der Waals surface area contributed by atoms with Crippen LogP contribution in [0.25, 0.3) is 5.65 Å². The Morgan fingerprint density at radius 2 is 2.15 bits per heavy atom. The highest BCUT2D eigenvalue weighted by Gasteiger charge is 2.20. The van der Waals surface area contributed by atoms with Crippen molar-refractivity contribution >= 4 is 11.6 Å². The first-order valence-electron chi connectivity index (χ1n) is 8.87. The number of hydrogen-bond acceptors (Lipinski definition) is 5. The first kappa shape index (κ1) is 16.5. The van der Waals surface area contributed by atoms with Crippen LogP contribution in [0, 0.1) is 6.92 Å². The van der Waals surface area contributed by atoms with Crippen LogP contribution in [0.3, 0.4) is 0 Å². The Morgan fingerprint density at radius 1 is 1.35 bits per heavy atom. The fourth-order valence-corrected chi connectivity index (χ4v) is 3.55. The molecule has 0 bridgehead atoms. The van der Waals surface area contributed by atoms with Crippen LogP contribution in [0.15, 0.2) is 23.4 Å². The molecule has 9 nitrogen and oxygen atoms in total. The van der Waals surface area contributed by atoms with E-state index in [0.717, 1.165) is 18.5 Å². The molecule has 0 radical (unpaired) electrons. The van der Waals surface area contributed by atoms with E-state index in [9.17, 15) is 9.59 Å². The van der Waals surface area contributed by atoms with E-state index in [1.165, 1.54) is 30.0 Å². The fourth-order valence-electron chi connectivity index (χ4n) is 3.55. The molecule has 4 rings (SSSR count). The lowest BCUT2D eigenvalue weighted by molar-refractivity contribution is 0.0947. The fraction of sp³-hybridized carbons (Fsp3) is 0.471. The molecule has 0 spiro atoms. The number of fused-ring (bicyclic) bond motifs is 1. The molecule has 1 amide bonds. The van der Waals surface area contributed by atoms with Gasteiger partial charge in [-0.2, -0.15) is 0 Å². The predicted molar refractivity (Wildman–Crippen MR) is 93.9 cm³/mol. The molecule has 2 N–H and O–H groups in total. The highest BCUT2D eigenvalue weighted by atomic mass is 16.2. The Balaban J connectivity index is 1.50. The average Bonchev–Trinajstić information content (AvgIpc) is 3.27. The number of amides is 1. The molecule has 136 valence electrons. The molecule has 9 heteroatoms. The van der Waals surface area contributed by atoms with E-state index in [2.05, 4.69) is 25.6 Å². The molecule has 0 aromatic carbocycles. The molecule has 1 aliphatic rings. The SMILES string of the molecule is Cc1cc2ncc(C(=O)NCc3nncn3C3CCCCC3)c(=O)n2[nH]1. The van der Waals surface area contributed by atoms with Gasteiger partial charge in [-0.1, -0.05) is 19.3 Å². The molecule has 3 aromatic rings. The van der Waals surface area contributed by atoms with Crippen molar-refractivity contribution in [2.75, 3.05) is 0 Å². The van der Waals surface area contributed by atoms with Crippen LogP contribution in [-0.2, 0) is 6.54 Å². The maximum atomic E-state index is 12.5. The third kappa shape index (κ3) is 3.00. The van der Waals surface area contributed by atoms with Gasteiger partial charge < -0.3 is 9.88 Å². The number of hydrogen-bond donors (Lipinski definition) is 2. The maximum Gasteiger partial charge on any atom is 0.285 e. The van der Waals surface area contributed by atoms with Gasteiger partial charge in [-0.3, -0.25) is 14.7 Å². The molecule has 0 unspecified atom stereocenters. The van der Waals surface area contributed by atoms with Gasteiger partial charge in [-0.05, 0) is 19.8 Å². The Labute approximate surface area is 149 Å². The summed E-state index contributed by atoms with van der Waals surface area (Å²) in [5, 5.41) is 13.8. The Morgan fingerprint density at radius 3 is 2.96 bits per heavy atom. The molecule has 1 saturated carbocycles. The van der Waals surface area contributed by atoms with Crippen LogP contribution < -0.4 is 10.9 Å². The van der Waals surface area contributed by atoms with E-state index in [4.69, 9.17) is 0 Å². The normalized spacial score (nSPS) is 15.4. The third-order valence-corrected chi connectivity index (χ3v) is 4.89. The average molecular weight is 355 g/mol. The third-order valence-electron chi connectivity index (χ3n) is 4.89. The van der Waals surface area contributed by atoms with Gasteiger partial charge in [0, 0.05) is 24.0 Å². The van der Waals surface area contributed by atoms with Gasteiger partial charge >= 0.3 is 0 Å². The smallest absolute Gasteiger partial charge is 0.285 e. The van der Waals surface area contributed by atoms with E-state index in [-0.39, 0.29) is 12.1 Å². The van der Waals surface area contributed by atoms with Crippen LogP contribution in [0.2, 0.25) is 0 Å². The molecule has 1 aliphatic carbocycles. The minimum absolute atomic E-state index is 0.00641. The van der Waals surface area contributed by atoms with Crippen LogP contribution >= 0.6 is 0 Å². The molecule has 3 heterocycles. The van der Waals surface area contributed by atoms with Crippen LogP contribution in [0.4, 0.5) is 0 Å². The molecule has 3 aromatic heterocycles. The number of rotatable bonds is 4. The lowest BCUT2D eigenvalue weighted by atomic mass is 9.95. The summed E-state index contributed by atoms with van der Waals surface area (Å²) in [6.07, 6.45) is 8.91. The predicted octanol–water partition coefficient (Wildman–Crippen LogP) is 1.36. The number of nitrogens with one attached hydrogen (secondary N) is 2. The second-order valence-electron chi connectivity index (χ2n) is 6.74. The molecular weight excluding hydrogens is 334 g/mol. The summed E-state index contributed by atoms with van der Waals surface area (Å²) < 4.78 is 3.32. The van der Waals surface area contributed by atoms with Crippen molar-refractivity contribution in [2.24, 2.45) is 0 Å². The Kier molecular flexibility index (Phi) is 4.27. The quantitative estimate of drug-likeness (QED) is 0.734. The number of aromatic amines is 1. The van der Waals surface area contributed by atoms with Crippen molar-refractivity contribution in [3.8, 4) is 0 Å². The monoisotopic (exact) mass is 355 g/mol. The first-order chi connectivity index (χ1) is 12.6. The molecule has 1 fully saturated rings. The van der Waals surface area contributed by atoms with Crippen LogP contribution in [-0.4, -0.2) is 35.3 Å². The summed E-state index contributed by atoms with van der Waals surface area (Å²) in [5.74, 6) is 0.234. The van der Waals surface area contributed by atoms with Crippen molar-refractivity contribution in [1.29, 1.82) is 0 Å². The highest BCUT2D eigenvalue weighted by molar-refractivity contribution is 5.93. The van der Waals surface area contributed by atoms with E-state index in [1.807, 2.05) is 11.5 Å². The highest BCUT2D eigenvalue weighted by Crippen LogP contribution is 2.28. The zero-order valence-corrected chi connectivity index (χ0v) is 14.6. The van der Waals surface area contributed by atoms with Gasteiger partial charge in [0.25, 0.3) is 11.5 Å². The molecule has 0 atom stereocenters. The van der Waals surface area contributed by atoms with Crippen LogP contribution in [0.5, 0.6) is 0 Å². The second kappa shape index (κ2) is 6.74. The first-order valence-corrected chi connectivity index (χ1v) is 8.87. The summed E-state index contributed by atoms with van der Waals surface area (Å²) in [7, 11) is 0. The number of carbonyl (C=O) groups excluding carboxylic acids is 1. The summed E-state index contributed by atoms with van der Waals surface area (Å²) >= 11 is 0. The zero-order valence-electron chi connectivity index (χ0n) is 14.6. The largest absolute Gasteiger partial charge is 0.345 e. The Bertz CT molecular complexity index is 994. The number of carbonyl (C=O) groups is 1. The standard InChI is InChI=1S/C17H21N7O2/c1-11-7-14-18-8-13(17(26)24(14)22-11)16(25)19-9-15-21-20-10-23(15)12-5-3-2-4-6-12/h7-8,10,12,22H,2-6,9H2,1H3,(H,19,25). The lowest BCUT2D eigenvalue weighted by Crippen LogP contribution is -2.32. The van der Waals surface area contributed by atoms with Crippen LogP contribution in [0.1, 0.15) is 60.0 Å². The zero-order chi connectivity index (χ0) is 18.1. The van der Waals surface area contributed by atoms with Crippen molar-refractivity contribution in [3.05, 3.63) is 46.0 Å². The molecular formula is C17H21N7O2. The van der Waals surface area contributed by atoms with Gasteiger partial charge in [0.05, 0.1) is 6.54 Å². The molecule has 0 saturated heterocycles. The Hall–Kier alpha value is -2.97. The number of aromatic nitrogens is 6.